The quantitative estimate of drug-likeness (QED) is 0.672. The van der Waals surface area contributed by atoms with Gasteiger partial charge in [-0.05, 0) is 18.0 Å². The lowest BCUT2D eigenvalue weighted by molar-refractivity contribution is -0.207. The van der Waals surface area contributed by atoms with Crippen LogP contribution in [0.3, 0.4) is 0 Å². The van der Waals surface area contributed by atoms with Gasteiger partial charge in [-0.1, -0.05) is 6.92 Å². The summed E-state index contributed by atoms with van der Waals surface area (Å²) in [5.74, 6) is -8.90. The second-order valence-corrected chi connectivity index (χ2v) is 5.17. The maximum atomic E-state index is 14.1. The molecule has 11 heteroatoms. The van der Waals surface area contributed by atoms with Gasteiger partial charge < -0.3 is 10.5 Å². The summed E-state index contributed by atoms with van der Waals surface area (Å²) in [6.45, 7) is 1.33. The molecule has 0 unspecified atom stereocenters. The van der Waals surface area contributed by atoms with Crippen LogP contribution < -0.4 is 5.73 Å². The van der Waals surface area contributed by atoms with Crippen LogP contribution in [0.5, 0.6) is 0 Å². The van der Waals surface area contributed by atoms with Crippen molar-refractivity contribution in [2.75, 3.05) is 5.73 Å². The van der Waals surface area contributed by atoms with E-state index in [4.69, 9.17) is 22.1 Å². The zero-order valence-corrected chi connectivity index (χ0v) is 11.9. The maximum Gasteiger partial charge on any atom is 0.356 e. The van der Waals surface area contributed by atoms with Gasteiger partial charge in [0, 0.05) is 0 Å². The number of aromatic nitrogens is 4. The second kappa shape index (κ2) is 4.66. The molecule has 2 atom stereocenters. The highest BCUT2D eigenvalue weighted by Crippen LogP contribution is 2.53. The molecule has 0 aliphatic carbocycles. The molecule has 3 rings (SSSR count). The van der Waals surface area contributed by atoms with Gasteiger partial charge in [-0.3, -0.25) is 4.57 Å². The highest BCUT2D eigenvalue weighted by atomic mass is 35.5. The molecule has 2 aromatic heterocycles. The summed E-state index contributed by atoms with van der Waals surface area (Å²) >= 11 is 5.62. The molecule has 0 saturated carbocycles. The van der Waals surface area contributed by atoms with E-state index in [-0.39, 0.29) is 28.7 Å². The van der Waals surface area contributed by atoms with Crippen molar-refractivity contribution in [2.45, 2.75) is 37.5 Å². The number of anilines is 1. The first-order valence-electron chi connectivity index (χ1n) is 6.26. The van der Waals surface area contributed by atoms with Crippen molar-refractivity contribution in [3.63, 3.8) is 0 Å². The number of alkyl halides is 4. The van der Waals surface area contributed by atoms with Crippen molar-refractivity contribution < 1.29 is 22.3 Å². The second-order valence-electron chi connectivity index (χ2n) is 4.83. The fourth-order valence-electron chi connectivity index (χ4n) is 2.38. The third-order valence-electron chi connectivity index (χ3n) is 3.50. The van der Waals surface area contributed by atoms with Gasteiger partial charge in [-0.2, -0.15) is 27.5 Å². The SMILES string of the molecule is CC[C@H]1O[C@@H](n2cnc3c(N)nc(Cl)nc32)C(F)(F)C1(F)F. The first-order valence-corrected chi connectivity index (χ1v) is 6.64. The molecular formula is C11H10ClF4N5O. The minimum atomic E-state index is -4.44. The molecule has 6 nitrogen and oxygen atoms in total. The van der Waals surface area contributed by atoms with Crippen LogP contribution in [0.4, 0.5) is 23.4 Å². The number of rotatable bonds is 2. The smallest absolute Gasteiger partial charge is 0.356 e. The van der Waals surface area contributed by atoms with E-state index in [1.807, 2.05) is 0 Å². The molecule has 3 heterocycles. The summed E-state index contributed by atoms with van der Waals surface area (Å²) in [7, 11) is 0. The third-order valence-corrected chi connectivity index (χ3v) is 3.67. The van der Waals surface area contributed by atoms with Crippen LogP contribution in [0.25, 0.3) is 11.2 Å². The van der Waals surface area contributed by atoms with Crippen LogP contribution in [-0.4, -0.2) is 37.5 Å². The summed E-state index contributed by atoms with van der Waals surface area (Å²) < 4.78 is 61.3. The van der Waals surface area contributed by atoms with Gasteiger partial charge in [0.05, 0.1) is 6.33 Å². The monoisotopic (exact) mass is 339 g/mol. The number of ether oxygens (including phenoxy) is 1. The molecule has 22 heavy (non-hydrogen) atoms. The summed E-state index contributed by atoms with van der Waals surface area (Å²) in [6, 6.07) is 0. The van der Waals surface area contributed by atoms with Crippen LogP contribution in [0.15, 0.2) is 6.33 Å². The van der Waals surface area contributed by atoms with Crippen LogP contribution in [0, 0.1) is 0 Å². The molecule has 2 aromatic rings. The average Bonchev–Trinajstić information content (AvgIpc) is 2.89. The van der Waals surface area contributed by atoms with Crippen molar-refractivity contribution in [3.05, 3.63) is 11.6 Å². The molecular weight excluding hydrogens is 330 g/mol. The van der Waals surface area contributed by atoms with Crippen molar-refractivity contribution in [1.82, 2.24) is 19.5 Å². The molecule has 1 saturated heterocycles. The molecule has 2 N–H and O–H groups in total. The molecule has 1 aliphatic rings. The predicted octanol–water partition coefficient (Wildman–Crippen LogP) is 2.64. The van der Waals surface area contributed by atoms with Crippen molar-refractivity contribution >= 4 is 28.6 Å². The Labute approximate surface area is 126 Å². The number of hydrogen-bond donors (Lipinski definition) is 1. The standard InChI is InChI=1S/C11H10ClF4N5O/c1-2-4-10(13,14)11(15,16)8(22-4)21-3-18-5-6(17)19-9(12)20-7(5)21/h3-4,8H,2H2,1H3,(H2,17,19,20)/t4-,8-/m1/s1. The summed E-state index contributed by atoms with van der Waals surface area (Å²) in [6.07, 6.45) is -3.55. The highest BCUT2D eigenvalue weighted by molar-refractivity contribution is 6.28. The van der Waals surface area contributed by atoms with Gasteiger partial charge in [0.15, 0.2) is 11.5 Å². The molecule has 0 aromatic carbocycles. The Bertz CT molecular complexity index is 737. The summed E-state index contributed by atoms with van der Waals surface area (Å²) in [5.41, 5.74) is 5.33. The fraction of sp³-hybridized carbons (Fsp3) is 0.545. The van der Waals surface area contributed by atoms with Gasteiger partial charge in [0.2, 0.25) is 11.5 Å². The minimum absolute atomic E-state index is 0.0212. The molecule has 120 valence electrons. The van der Waals surface area contributed by atoms with E-state index in [2.05, 4.69) is 15.0 Å². The lowest BCUT2D eigenvalue weighted by Gasteiger charge is -2.23. The highest BCUT2D eigenvalue weighted by Gasteiger charge is 2.72. The number of nitrogens with zero attached hydrogens (tertiary/aromatic N) is 4. The Morgan fingerprint density at radius 3 is 2.59 bits per heavy atom. The van der Waals surface area contributed by atoms with Gasteiger partial charge >= 0.3 is 11.8 Å². The Hall–Kier alpha value is -1.68. The van der Waals surface area contributed by atoms with E-state index in [9.17, 15) is 17.6 Å². The number of nitrogens with two attached hydrogens (primary N) is 1. The Morgan fingerprint density at radius 1 is 1.32 bits per heavy atom. The molecule has 0 radical (unpaired) electrons. The molecule has 1 fully saturated rings. The van der Waals surface area contributed by atoms with E-state index in [1.54, 1.807) is 0 Å². The molecule has 0 amide bonds. The zero-order chi connectivity index (χ0) is 16.3. The average molecular weight is 340 g/mol. The molecule has 0 bridgehead atoms. The van der Waals surface area contributed by atoms with E-state index in [1.165, 1.54) is 6.92 Å². The van der Waals surface area contributed by atoms with Gasteiger partial charge in [0.1, 0.15) is 11.6 Å². The van der Waals surface area contributed by atoms with Crippen LogP contribution >= 0.6 is 11.6 Å². The third kappa shape index (κ3) is 1.86. The first kappa shape index (κ1) is 15.2. The number of fused-ring (bicyclic) bond motifs is 1. The number of imidazole rings is 1. The van der Waals surface area contributed by atoms with Crippen molar-refractivity contribution in [3.8, 4) is 0 Å². The molecule has 1 aliphatic heterocycles. The minimum Gasteiger partial charge on any atom is -0.382 e. The van der Waals surface area contributed by atoms with Gasteiger partial charge in [-0.15, -0.1) is 0 Å². The largest absolute Gasteiger partial charge is 0.382 e. The number of nitrogen functional groups attached to an aromatic ring is 1. The van der Waals surface area contributed by atoms with E-state index in [0.717, 1.165) is 6.33 Å². The fourth-order valence-corrected chi connectivity index (χ4v) is 2.55. The molecule has 0 spiro atoms. The number of hydrogen-bond acceptors (Lipinski definition) is 5. The van der Waals surface area contributed by atoms with Crippen LogP contribution in [-0.2, 0) is 4.74 Å². The van der Waals surface area contributed by atoms with E-state index in [0.29, 0.717) is 4.57 Å². The van der Waals surface area contributed by atoms with Crippen molar-refractivity contribution in [1.29, 1.82) is 0 Å². The predicted molar refractivity (Wildman–Crippen MR) is 68.8 cm³/mol. The van der Waals surface area contributed by atoms with E-state index < -0.39 is 24.2 Å². The summed E-state index contributed by atoms with van der Waals surface area (Å²) in [4.78, 5) is 11.1. The van der Waals surface area contributed by atoms with E-state index >= 15 is 0 Å². The lowest BCUT2D eigenvalue weighted by atomic mass is 10.1. The first-order chi connectivity index (χ1) is 10.2. The maximum absolute atomic E-state index is 14.1. The zero-order valence-electron chi connectivity index (χ0n) is 11.1. The van der Waals surface area contributed by atoms with Gasteiger partial charge in [-0.25, -0.2) is 4.98 Å². The Kier molecular flexibility index (Phi) is 3.22. The van der Waals surface area contributed by atoms with Crippen LogP contribution in [0.1, 0.15) is 19.6 Å². The lowest BCUT2D eigenvalue weighted by Crippen LogP contribution is -2.44. The number of halogens is 5. The normalized spacial score (nSPS) is 26.6. The topological polar surface area (TPSA) is 78.9 Å². The Morgan fingerprint density at radius 2 is 2.00 bits per heavy atom. The van der Waals surface area contributed by atoms with Gasteiger partial charge in [0.25, 0.3) is 0 Å². The Balaban J connectivity index is 2.16. The summed E-state index contributed by atoms with van der Waals surface area (Å²) in [5, 5.41) is -0.313. The van der Waals surface area contributed by atoms with Crippen molar-refractivity contribution in [2.24, 2.45) is 0 Å². The van der Waals surface area contributed by atoms with Crippen LogP contribution in [0.2, 0.25) is 5.28 Å².